The van der Waals surface area contributed by atoms with Gasteiger partial charge < -0.3 is 10.2 Å². The van der Waals surface area contributed by atoms with Crippen LogP contribution in [0.25, 0.3) is 0 Å². The molecule has 0 unspecified atom stereocenters. The molecule has 0 atom stereocenters. The van der Waals surface area contributed by atoms with Crippen molar-refractivity contribution < 1.29 is 9.59 Å². The SMILES string of the molecule is CC(=O)Nc1ccc(C(=O)NN=Cc2ccc(N(C)C)c(Br)c2)cc1. The van der Waals surface area contributed by atoms with Crippen molar-refractivity contribution in [3.63, 3.8) is 0 Å². The molecule has 6 nitrogen and oxygen atoms in total. The van der Waals surface area contributed by atoms with Crippen molar-refractivity contribution >= 4 is 45.3 Å². The number of amides is 2. The van der Waals surface area contributed by atoms with Crippen LogP contribution < -0.4 is 15.6 Å². The summed E-state index contributed by atoms with van der Waals surface area (Å²) in [5.41, 5.74) is 5.49. The molecule has 0 saturated heterocycles. The minimum Gasteiger partial charge on any atom is -0.377 e. The topological polar surface area (TPSA) is 73.8 Å². The van der Waals surface area contributed by atoms with Crippen LogP contribution >= 0.6 is 15.9 Å². The standard InChI is InChI=1S/C18H19BrN4O2/c1-12(24)21-15-7-5-14(6-8-15)18(25)22-20-11-13-4-9-17(23(2)3)16(19)10-13/h4-11H,1-3H3,(H,21,24)(H,22,25). The van der Waals surface area contributed by atoms with E-state index in [0.717, 1.165) is 15.7 Å². The fourth-order valence-electron chi connectivity index (χ4n) is 2.10. The molecule has 2 rings (SSSR count). The second-order valence-corrected chi connectivity index (χ2v) is 6.42. The van der Waals surface area contributed by atoms with Crippen LogP contribution in [0.2, 0.25) is 0 Å². The minimum atomic E-state index is -0.324. The second-order valence-electron chi connectivity index (χ2n) is 5.56. The molecule has 130 valence electrons. The van der Waals surface area contributed by atoms with Gasteiger partial charge in [-0.2, -0.15) is 5.10 Å². The third-order valence-corrected chi connectivity index (χ3v) is 3.94. The Labute approximate surface area is 155 Å². The van der Waals surface area contributed by atoms with Crippen molar-refractivity contribution in [2.75, 3.05) is 24.3 Å². The molecule has 2 aromatic rings. The number of nitrogens with one attached hydrogen (secondary N) is 2. The average Bonchev–Trinajstić information content (AvgIpc) is 2.54. The van der Waals surface area contributed by atoms with Crippen LogP contribution in [0.1, 0.15) is 22.8 Å². The van der Waals surface area contributed by atoms with Gasteiger partial charge in [0.1, 0.15) is 0 Å². The largest absolute Gasteiger partial charge is 0.377 e. The maximum absolute atomic E-state index is 12.1. The van der Waals surface area contributed by atoms with E-state index >= 15 is 0 Å². The Morgan fingerprint density at radius 1 is 1.12 bits per heavy atom. The average molecular weight is 403 g/mol. The van der Waals surface area contributed by atoms with Gasteiger partial charge in [-0.15, -0.1) is 0 Å². The Morgan fingerprint density at radius 3 is 2.36 bits per heavy atom. The van der Waals surface area contributed by atoms with Gasteiger partial charge in [-0.3, -0.25) is 9.59 Å². The Bertz CT molecular complexity index is 801. The molecule has 0 bridgehead atoms. The summed E-state index contributed by atoms with van der Waals surface area (Å²) in [7, 11) is 3.93. The number of hydrogen-bond donors (Lipinski definition) is 2. The van der Waals surface area contributed by atoms with Crippen molar-refractivity contribution in [1.29, 1.82) is 0 Å². The van der Waals surface area contributed by atoms with Crippen LogP contribution in [0.15, 0.2) is 52.0 Å². The number of carbonyl (C=O) groups excluding carboxylic acids is 2. The number of anilines is 2. The summed E-state index contributed by atoms with van der Waals surface area (Å²) in [5.74, 6) is -0.483. The molecule has 0 saturated carbocycles. The lowest BCUT2D eigenvalue weighted by molar-refractivity contribution is -0.114. The number of halogens is 1. The van der Waals surface area contributed by atoms with Crippen LogP contribution in [0.5, 0.6) is 0 Å². The number of hydrogen-bond acceptors (Lipinski definition) is 4. The van der Waals surface area contributed by atoms with Gasteiger partial charge in [-0.25, -0.2) is 5.43 Å². The molecular formula is C18H19BrN4O2. The van der Waals surface area contributed by atoms with E-state index in [1.807, 2.05) is 37.2 Å². The van der Waals surface area contributed by atoms with Gasteiger partial charge in [0.05, 0.1) is 11.9 Å². The molecular weight excluding hydrogens is 384 g/mol. The summed E-state index contributed by atoms with van der Waals surface area (Å²) < 4.78 is 0.946. The molecule has 0 aliphatic heterocycles. The lowest BCUT2D eigenvalue weighted by Crippen LogP contribution is -2.17. The summed E-state index contributed by atoms with van der Waals surface area (Å²) >= 11 is 3.51. The first-order valence-corrected chi connectivity index (χ1v) is 8.34. The van der Waals surface area contributed by atoms with Gasteiger partial charge >= 0.3 is 0 Å². The monoisotopic (exact) mass is 402 g/mol. The van der Waals surface area contributed by atoms with E-state index in [4.69, 9.17) is 0 Å². The van der Waals surface area contributed by atoms with Crippen molar-refractivity contribution in [3.05, 3.63) is 58.1 Å². The lowest BCUT2D eigenvalue weighted by atomic mass is 10.2. The molecule has 0 aliphatic rings. The van der Waals surface area contributed by atoms with Gasteiger partial charge in [0, 0.05) is 36.7 Å². The van der Waals surface area contributed by atoms with Gasteiger partial charge in [-0.05, 0) is 57.9 Å². The van der Waals surface area contributed by atoms with Crippen LogP contribution in [-0.2, 0) is 4.79 Å². The zero-order valence-corrected chi connectivity index (χ0v) is 15.8. The van der Waals surface area contributed by atoms with Crippen LogP contribution in [-0.4, -0.2) is 32.1 Å². The summed E-state index contributed by atoms with van der Waals surface area (Å²) in [6, 6.07) is 12.4. The highest BCUT2D eigenvalue weighted by atomic mass is 79.9. The number of carbonyl (C=O) groups is 2. The smallest absolute Gasteiger partial charge is 0.271 e. The maximum Gasteiger partial charge on any atom is 0.271 e. The van der Waals surface area contributed by atoms with Crippen molar-refractivity contribution in [2.24, 2.45) is 5.10 Å². The Kier molecular flexibility index (Phi) is 6.30. The van der Waals surface area contributed by atoms with Gasteiger partial charge in [0.25, 0.3) is 5.91 Å². The van der Waals surface area contributed by atoms with Crippen molar-refractivity contribution in [1.82, 2.24) is 5.43 Å². The number of nitrogens with zero attached hydrogens (tertiary/aromatic N) is 2. The zero-order chi connectivity index (χ0) is 18.4. The van der Waals surface area contributed by atoms with Gasteiger partial charge in [0.15, 0.2) is 0 Å². The number of hydrazone groups is 1. The molecule has 2 amide bonds. The maximum atomic E-state index is 12.1. The quantitative estimate of drug-likeness (QED) is 0.595. The van der Waals surface area contributed by atoms with E-state index < -0.39 is 0 Å². The molecule has 0 aromatic heterocycles. The number of rotatable bonds is 5. The summed E-state index contributed by atoms with van der Waals surface area (Å²) in [4.78, 5) is 25.0. The molecule has 0 spiro atoms. The van der Waals surface area contributed by atoms with E-state index in [1.165, 1.54) is 6.92 Å². The van der Waals surface area contributed by atoms with E-state index in [-0.39, 0.29) is 11.8 Å². The first-order valence-electron chi connectivity index (χ1n) is 7.55. The molecule has 2 N–H and O–H groups in total. The Balaban J connectivity index is 1.98. The van der Waals surface area contributed by atoms with E-state index in [0.29, 0.717) is 11.3 Å². The summed E-state index contributed by atoms with van der Waals surface area (Å²) in [5, 5.41) is 6.62. The lowest BCUT2D eigenvalue weighted by Gasteiger charge is -2.14. The van der Waals surface area contributed by atoms with Crippen molar-refractivity contribution in [2.45, 2.75) is 6.92 Å². The first-order chi connectivity index (χ1) is 11.9. The predicted octanol–water partition coefficient (Wildman–Crippen LogP) is 3.24. The molecule has 7 heteroatoms. The van der Waals surface area contributed by atoms with Gasteiger partial charge in [0.2, 0.25) is 5.91 Å². The summed E-state index contributed by atoms with van der Waals surface area (Å²) in [6.07, 6.45) is 1.58. The van der Waals surface area contributed by atoms with E-state index in [1.54, 1.807) is 30.5 Å². The molecule has 2 aromatic carbocycles. The Hall–Kier alpha value is -2.67. The highest BCUT2D eigenvalue weighted by Crippen LogP contribution is 2.25. The van der Waals surface area contributed by atoms with Crippen LogP contribution in [0, 0.1) is 0 Å². The van der Waals surface area contributed by atoms with E-state index in [9.17, 15) is 9.59 Å². The molecule has 0 radical (unpaired) electrons. The third-order valence-electron chi connectivity index (χ3n) is 3.30. The summed E-state index contributed by atoms with van der Waals surface area (Å²) in [6.45, 7) is 1.43. The van der Waals surface area contributed by atoms with Crippen LogP contribution in [0.4, 0.5) is 11.4 Å². The predicted molar refractivity (Wildman–Crippen MR) is 104 cm³/mol. The Morgan fingerprint density at radius 2 is 1.80 bits per heavy atom. The van der Waals surface area contributed by atoms with E-state index in [2.05, 4.69) is 31.8 Å². The fraction of sp³-hybridized carbons (Fsp3) is 0.167. The molecule has 0 fully saturated rings. The third kappa shape index (κ3) is 5.42. The fourth-order valence-corrected chi connectivity index (χ4v) is 2.86. The minimum absolute atomic E-state index is 0.159. The molecule has 0 heterocycles. The molecule has 0 aliphatic carbocycles. The highest BCUT2D eigenvalue weighted by molar-refractivity contribution is 9.10. The zero-order valence-electron chi connectivity index (χ0n) is 14.2. The number of benzene rings is 2. The first kappa shape index (κ1) is 18.7. The normalized spacial score (nSPS) is 10.6. The van der Waals surface area contributed by atoms with Crippen LogP contribution in [0.3, 0.4) is 0 Å². The van der Waals surface area contributed by atoms with Crippen molar-refractivity contribution in [3.8, 4) is 0 Å². The second kappa shape index (κ2) is 8.43. The highest BCUT2D eigenvalue weighted by Gasteiger charge is 2.05. The van der Waals surface area contributed by atoms with Gasteiger partial charge in [-0.1, -0.05) is 6.07 Å². The molecule has 25 heavy (non-hydrogen) atoms.